The number of rotatable bonds is 6. The molecule has 2 amide bonds. The van der Waals surface area contributed by atoms with Crippen LogP contribution in [0.2, 0.25) is 5.02 Å². The molecule has 0 bridgehead atoms. The molecule has 1 fully saturated rings. The summed E-state index contributed by atoms with van der Waals surface area (Å²) in [6.07, 6.45) is 6.08. The predicted molar refractivity (Wildman–Crippen MR) is 121 cm³/mol. The Morgan fingerprint density at radius 1 is 1.13 bits per heavy atom. The summed E-state index contributed by atoms with van der Waals surface area (Å²) in [5.74, 6) is -0.895. The second-order valence-corrected chi connectivity index (χ2v) is 8.06. The molecule has 0 heterocycles. The summed E-state index contributed by atoms with van der Waals surface area (Å²) in [7, 11) is 0. The summed E-state index contributed by atoms with van der Waals surface area (Å²) in [4.78, 5) is 36.3. The van der Waals surface area contributed by atoms with E-state index in [1.54, 1.807) is 24.3 Å². The highest BCUT2D eigenvalue weighted by Gasteiger charge is 2.23. The normalized spacial score (nSPS) is 14.7. The van der Waals surface area contributed by atoms with Crippen LogP contribution in [0.5, 0.6) is 0 Å². The van der Waals surface area contributed by atoms with Crippen LogP contribution in [0.25, 0.3) is 6.08 Å². The van der Waals surface area contributed by atoms with Gasteiger partial charge in [-0.2, -0.15) is 0 Å². The fraction of sp³-hybridized carbons (Fsp3) is 0.304. The van der Waals surface area contributed by atoms with Crippen molar-refractivity contribution < 1.29 is 14.5 Å². The third kappa shape index (κ3) is 6.15. The molecule has 162 valence electrons. The molecule has 7 nitrogen and oxygen atoms in total. The van der Waals surface area contributed by atoms with E-state index < -0.39 is 10.8 Å². The van der Waals surface area contributed by atoms with Crippen LogP contribution < -0.4 is 10.6 Å². The zero-order valence-electron chi connectivity index (χ0n) is 17.2. The van der Waals surface area contributed by atoms with Crippen molar-refractivity contribution in [3.05, 3.63) is 74.4 Å². The highest BCUT2D eigenvalue weighted by molar-refractivity contribution is 6.31. The number of nitrogens with one attached hydrogen (secondary N) is 2. The first-order valence-electron chi connectivity index (χ1n) is 10.2. The Hall–Kier alpha value is -3.19. The molecule has 0 radical (unpaired) electrons. The lowest BCUT2D eigenvalue weighted by Crippen LogP contribution is -2.35. The molecule has 2 aromatic carbocycles. The van der Waals surface area contributed by atoms with Crippen LogP contribution in [0, 0.1) is 23.0 Å². The van der Waals surface area contributed by atoms with Gasteiger partial charge in [0.25, 0.3) is 11.6 Å². The number of nitro benzene ring substituents is 1. The standard InChI is InChI=1S/C23H24ClN3O4/c1-15-10-11-18(14-20(15)24)25-23(29)21(26-22(28)17-7-3-2-4-8-17)13-16-6-5-9-19(12-16)27(30)31/h5-6,9-14,17H,2-4,7-8H2,1H3,(H,25,29)(H,26,28). The van der Waals surface area contributed by atoms with Gasteiger partial charge < -0.3 is 10.6 Å². The van der Waals surface area contributed by atoms with Gasteiger partial charge in [-0.25, -0.2) is 0 Å². The summed E-state index contributed by atoms with van der Waals surface area (Å²) in [5.41, 5.74) is 1.71. The molecule has 0 aromatic heterocycles. The van der Waals surface area contributed by atoms with E-state index in [1.807, 2.05) is 6.92 Å². The Morgan fingerprint density at radius 3 is 2.55 bits per heavy atom. The van der Waals surface area contributed by atoms with E-state index in [4.69, 9.17) is 11.6 Å². The van der Waals surface area contributed by atoms with Gasteiger partial charge in [-0.05, 0) is 49.1 Å². The van der Waals surface area contributed by atoms with Gasteiger partial charge in [0.05, 0.1) is 4.92 Å². The number of benzene rings is 2. The minimum Gasteiger partial charge on any atom is -0.321 e. The van der Waals surface area contributed by atoms with Crippen LogP contribution in [-0.4, -0.2) is 16.7 Å². The molecule has 1 saturated carbocycles. The highest BCUT2D eigenvalue weighted by Crippen LogP contribution is 2.25. The van der Waals surface area contributed by atoms with Gasteiger partial charge in [0.15, 0.2) is 0 Å². The number of carbonyl (C=O) groups excluding carboxylic acids is 2. The van der Waals surface area contributed by atoms with Crippen LogP contribution in [0.1, 0.15) is 43.2 Å². The van der Waals surface area contributed by atoms with E-state index in [-0.39, 0.29) is 23.2 Å². The first-order chi connectivity index (χ1) is 14.8. The Labute approximate surface area is 185 Å². The maximum Gasteiger partial charge on any atom is 0.272 e. The number of anilines is 1. The molecule has 0 spiro atoms. The van der Waals surface area contributed by atoms with Crippen LogP contribution >= 0.6 is 11.6 Å². The number of amides is 2. The van der Waals surface area contributed by atoms with E-state index in [1.165, 1.54) is 24.3 Å². The molecule has 0 saturated heterocycles. The summed E-state index contributed by atoms with van der Waals surface area (Å²) in [6, 6.07) is 11.0. The van der Waals surface area contributed by atoms with Crippen molar-refractivity contribution in [2.24, 2.45) is 5.92 Å². The quantitative estimate of drug-likeness (QED) is 0.364. The minimum absolute atomic E-state index is 0.0211. The maximum atomic E-state index is 13.0. The minimum atomic E-state index is -0.532. The molecule has 8 heteroatoms. The second-order valence-electron chi connectivity index (χ2n) is 7.65. The molecular formula is C23H24ClN3O4. The Bertz CT molecular complexity index is 1030. The van der Waals surface area contributed by atoms with Crippen LogP contribution in [0.3, 0.4) is 0 Å². The van der Waals surface area contributed by atoms with E-state index in [9.17, 15) is 19.7 Å². The van der Waals surface area contributed by atoms with Gasteiger partial charge in [0.2, 0.25) is 5.91 Å². The van der Waals surface area contributed by atoms with Crippen LogP contribution in [-0.2, 0) is 9.59 Å². The van der Waals surface area contributed by atoms with Gasteiger partial charge >= 0.3 is 0 Å². The fourth-order valence-electron chi connectivity index (χ4n) is 3.52. The number of carbonyl (C=O) groups is 2. The van der Waals surface area contributed by atoms with E-state index in [0.717, 1.165) is 37.7 Å². The molecule has 2 aromatic rings. The molecule has 1 aliphatic rings. The van der Waals surface area contributed by atoms with Gasteiger partial charge in [-0.15, -0.1) is 0 Å². The number of nitrogens with zero attached hydrogens (tertiary/aromatic N) is 1. The first-order valence-corrected chi connectivity index (χ1v) is 10.6. The molecule has 1 aliphatic carbocycles. The zero-order chi connectivity index (χ0) is 22.4. The van der Waals surface area contributed by atoms with Gasteiger partial charge in [0.1, 0.15) is 5.70 Å². The third-order valence-electron chi connectivity index (χ3n) is 5.30. The lowest BCUT2D eigenvalue weighted by molar-refractivity contribution is -0.384. The number of nitro groups is 1. The molecule has 0 atom stereocenters. The first kappa shape index (κ1) is 22.5. The predicted octanol–water partition coefficient (Wildman–Crippen LogP) is 5.23. The molecule has 0 aliphatic heterocycles. The third-order valence-corrected chi connectivity index (χ3v) is 5.71. The zero-order valence-corrected chi connectivity index (χ0v) is 17.9. The topological polar surface area (TPSA) is 101 Å². The lowest BCUT2D eigenvalue weighted by Gasteiger charge is -2.21. The molecule has 31 heavy (non-hydrogen) atoms. The van der Waals surface area contributed by atoms with Crippen molar-refractivity contribution in [1.29, 1.82) is 0 Å². The van der Waals surface area contributed by atoms with Crippen LogP contribution in [0.4, 0.5) is 11.4 Å². The number of halogens is 1. The summed E-state index contributed by atoms with van der Waals surface area (Å²) in [5, 5.41) is 17.1. The monoisotopic (exact) mass is 441 g/mol. The highest BCUT2D eigenvalue weighted by atomic mass is 35.5. The van der Waals surface area contributed by atoms with Crippen molar-refractivity contribution in [2.45, 2.75) is 39.0 Å². The SMILES string of the molecule is Cc1ccc(NC(=O)C(=Cc2cccc([N+](=O)[O-])c2)NC(=O)C2CCCCC2)cc1Cl. The van der Waals surface area contributed by atoms with Crippen molar-refractivity contribution in [3.63, 3.8) is 0 Å². The number of hydrogen-bond acceptors (Lipinski definition) is 4. The second kappa shape index (κ2) is 10.2. The van der Waals surface area contributed by atoms with Gasteiger partial charge in [-0.3, -0.25) is 19.7 Å². The van der Waals surface area contributed by atoms with Gasteiger partial charge in [0, 0.05) is 28.8 Å². The summed E-state index contributed by atoms with van der Waals surface area (Å²) in [6.45, 7) is 1.85. The molecule has 3 rings (SSSR count). The van der Waals surface area contributed by atoms with E-state index in [2.05, 4.69) is 10.6 Å². The smallest absolute Gasteiger partial charge is 0.272 e. The van der Waals surface area contributed by atoms with Gasteiger partial charge in [-0.1, -0.05) is 49.1 Å². The number of aryl methyl sites for hydroxylation is 1. The van der Waals surface area contributed by atoms with Crippen LogP contribution in [0.15, 0.2) is 48.2 Å². The average molecular weight is 442 g/mol. The average Bonchev–Trinajstić information content (AvgIpc) is 2.76. The fourth-order valence-corrected chi connectivity index (χ4v) is 3.70. The Morgan fingerprint density at radius 2 is 1.87 bits per heavy atom. The number of non-ortho nitro benzene ring substituents is 1. The summed E-state index contributed by atoms with van der Waals surface area (Å²) >= 11 is 6.14. The van der Waals surface area contributed by atoms with E-state index in [0.29, 0.717) is 16.3 Å². The van der Waals surface area contributed by atoms with Crippen molar-refractivity contribution >= 4 is 40.9 Å². The van der Waals surface area contributed by atoms with E-state index >= 15 is 0 Å². The van der Waals surface area contributed by atoms with Crippen molar-refractivity contribution in [2.75, 3.05) is 5.32 Å². The van der Waals surface area contributed by atoms with Crippen molar-refractivity contribution in [3.8, 4) is 0 Å². The van der Waals surface area contributed by atoms with Crippen molar-refractivity contribution in [1.82, 2.24) is 5.32 Å². The largest absolute Gasteiger partial charge is 0.321 e. The molecule has 0 unspecified atom stereocenters. The molecule has 2 N–H and O–H groups in total. The summed E-state index contributed by atoms with van der Waals surface area (Å²) < 4.78 is 0. The Kier molecular flexibility index (Phi) is 7.41. The lowest BCUT2D eigenvalue weighted by atomic mass is 9.88. The molecular weight excluding hydrogens is 418 g/mol. The number of hydrogen-bond donors (Lipinski definition) is 2. The Balaban J connectivity index is 1.87. The maximum absolute atomic E-state index is 13.0.